The average Bonchev–Trinajstić information content (AvgIpc) is 2.85. The summed E-state index contributed by atoms with van der Waals surface area (Å²) in [7, 11) is 3.61. The van der Waals surface area contributed by atoms with E-state index < -0.39 is 0 Å². The van der Waals surface area contributed by atoms with Crippen molar-refractivity contribution in [2.75, 3.05) is 7.11 Å². The molecule has 0 aliphatic rings. The molecule has 3 N–H and O–H groups in total. The van der Waals surface area contributed by atoms with Crippen molar-refractivity contribution in [2.24, 2.45) is 12.9 Å². The van der Waals surface area contributed by atoms with Crippen molar-refractivity contribution in [3.05, 3.63) is 41.2 Å². The first-order valence-corrected chi connectivity index (χ1v) is 6.49. The van der Waals surface area contributed by atoms with E-state index in [0.717, 1.165) is 28.3 Å². The molecule has 2 aromatic rings. The second kappa shape index (κ2) is 6.02. The normalized spacial score (nSPS) is 12.4. The van der Waals surface area contributed by atoms with Crippen LogP contribution in [-0.4, -0.2) is 21.6 Å². The number of imidazole rings is 1. The van der Waals surface area contributed by atoms with E-state index in [-0.39, 0.29) is 6.04 Å². The first-order chi connectivity index (χ1) is 9.56. The molecule has 1 unspecified atom stereocenters. The largest absolute Gasteiger partial charge is 0.496 e. The molecule has 0 bridgehead atoms. The fourth-order valence-electron chi connectivity index (χ4n) is 2.33. The number of aromatic nitrogens is 3. The maximum atomic E-state index is 5.65. The number of nitrogens with zero attached hydrogens (tertiary/aromatic N) is 3. The summed E-state index contributed by atoms with van der Waals surface area (Å²) in [5.74, 6) is 6.54. The van der Waals surface area contributed by atoms with Crippen LogP contribution in [0.2, 0.25) is 0 Å². The van der Waals surface area contributed by atoms with Gasteiger partial charge >= 0.3 is 0 Å². The molecule has 0 fully saturated rings. The van der Waals surface area contributed by atoms with Crippen LogP contribution in [0.5, 0.6) is 5.75 Å². The van der Waals surface area contributed by atoms with Gasteiger partial charge in [-0.1, -0.05) is 0 Å². The lowest BCUT2D eigenvalue weighted by molar-refractivity contribution is 0.406. The molecule has 2 aromatic heterocycles. The topological polar surface area (TPSA) is 78.0 Å². The maximum absolute atomic E-state index is 5.65. The van der Waals surface area contributed by atoms with Crippen molar-refractivity contribution < 1.29 is 4.74 Å². The molecule has 6 nitrogen and oxygen atoms in total. The zero-order valence-corrected chi connectivity index (χ0v) is 12.3. The second-order valence-electron chi connectivity index (χ2n) is 4.93. The Morgan fingerprint density at radius 3 is 2.70 bits per heavy atom. The molecular weight excluding hydrogens is 254 g/mol. The number of ether oxygens (including phenoxy) is 1. The molecule has 2 rings (SSSR count). The summed E-state index contributed by atoms with van der Waals surface area (Å²) in [6.07, 6.45) is 6.20. The van der Waals surface area contributed by atoms with E-state index in [9.17, 15) is 0 Å². The van der Waals surface area contributed by atoms with Gasteiger partial charge in [0, 0.05) is 42.7 Å². The van der Waals surface area contributed by atoms with E-state index in [1.54, 1.807) is 13.4 Å². The summed E-state index contributed by atoms with van der Waals surface area (Å²) in [5, 5.41) is 0. The molecule has 1 atom stereocenters. The monoisotopic (exact) mass is 275 g/mol. The number of aryl methyl sites for hydroxylation is 2. The standard InChI is InChI=1S/C14H21N5O/c1-9-6-16-11(10(2)14(9)20-4)5-12(18-15)13-7-19(3)8-17-13/h6-8,12,18H,5,15H2,1-4H3. The van der Waals surface area contributed by atoms with Crippen molar-refractivity contribution in [1.29, 1.82) is 0 Å². The van der Waals surface area contributed by atoms with Gasteiger partial charge in [-0.3, -0.25) is 16.3 Å². The zero-order chi connectivity index (χ0) is 14.7. The molecule has 0 amide bonds. The molecule has 108 valence electrons. The third-order valence-electron chi connectivity index (χ3n) is 3.43. The number of rotatable bonds is 5. The highest BCUT2D eigenvalue weighted by Crippen LogP contribution is 2.26. The van der Waals surface area contributed by atoms with Crippen molar-refractivity contribution in [1.82, 2.24) is 20.0 Å². The minimum Gasteiger partial charge on any atom is -0.496 e. The molecule has 0 saturated carbocycles. The average molecular weight is 275 g/mol. The van der Waals surface area contributed by atoms with Gasteiger partial charge in [0.05, 0.1) is 25.2 Å². The Morgan fingerprint density at radius 1 is 1.40 bits per heavy atom. The Bertz CT molecular complexity index is 593. The summed E-state index contributed by atoms with van der Waals surface area (Å²) in [6, 6.07) is -0.0742. The molecular formula is C14H21N5O. The van der Waals surface area contributed by atoms with E-state index in [1.165, 1.54) is 0 Å². The van der Waals surface area contributed by atoms with Gasteiger partial charge in [0.25, 0.3) is 0 Å². The van der Waals surface area contributed by atoms with E-state index in [1.807, 2.05) is 37.9 Å². The van der Waals surface area contributed by atoms with E-state index in [0.29, 0.717) is 6.42 Å². The number of methoxy groups -OCH3 is 1. The van der Waals surface area contributed by atoms with Crippen LogP contribution in [0.15, 0.2) is 18.7 Å². The summed E-state index contributed by atoms with van der Waals surface area (Å²) >= 11 is 0. The Kier molecular flexibility index (Phi) is 4.36. The van der Waals surface area contributed by atoms with Crippen LogP contribution in [0.4, 0.5) is 0 Å². The lowest BCUT2D eigenvalue weighted by Crippen LogP contribution is -2.30. The zero-order valence-electron chi connectivity index (χ0n) is 12.3. The number of nitrogens with two attached hydrogens (primary N) is 1. The summed E-state index contributed by atoms with van der Waals surface area (Å²) in [4.78, 5) is 8.83. The van der Waals surface area contributed by atoms with Crippen LogP contribution < -0.4 is 16.0 Å². The molecule has 0 spiro atoms. The molecule has 6 heteroatoms. The Labute approximate surface area is 119 Å². The number of hydrazine groups is 1. The van der Waals surface area contributed by atoms with E-state index >= 15 is 0 Å². The quantitative estimate of drug-likeness (QED) is 0.633. The van der Waals surface area contributed by atoms with Gasteiger partial charge in [-0.05, 0) is 13.8 Å². The van der Waals surface area contributed by atoms with E-state index in [4.69, 9.17) is 10.6 Å². The Balaban J connectivity index is 2.28. The van der Waals surface area contributed by atoms with Crippen LogP contribution in [-0.2, 0) is 13.5 Å². The van der Waals surface area contributed by atoms with Crippen molar-refractivity contribution in [3.63, 3.8) is 0 Å². The van der Waals surface area contributed by atoms with Crippen molar-refractivity contribution >= 4 is 0 Å². The van der Waals surface area contributed by atoms with Gasteiger partial charge in [-0.25, -0.2) is 4.98 Å². The van der Waals surface area contributed by atoms with Crippen LogP contribution in [0, 0.1) is 13.8 Å². The molecule has 0 radical (unpaired) electrons. The summed E-state index contributed by atoms with van der Waals surface area (Å²) < 4.78 is 7.33. The predicted molar refractivity (Wildman–Crippen MR) is 77.2 cm³/mol. The molecule has 20 heavy (non-hydrogen) atoms. The molecule has 2 heterocycles. The maximum Gasteiger partial charge on any atom is 0.128 e. The number of hydrogen-bond donors (Lipinski definition) is 2. The molecule has 0 aromatic carbocycles. The van der Waals surface area contributed by atoms with Crippen LogP contribution in [0.25, 0.3) is 0 Å². The van der Waals surface area contributed by atoms with Crippen molar-refractivity contribution in [2.45, 2.75) is 26.3 Å². The summed E-state index contributed by atoms with van der Waals surface area (Å²) in [5.41, 5.74) is 6.74. The number of hydrogen-bond acceptors (Lipinski definition) is 5. The highest BCUT2D eigenvalue weighted by molar-refractivity contribution is 5.41. The molecule has 0 aliphatic carbocycles. The third kappa shape index (κ3) is 2.81. The van der Waals surface area contributed by atoms with Gasteiger partial charge in [0.1, 0.15) is 5.75 Å². The minimum atomic E-state index is -0.0742. The van der Waals surface area contributed by atoms with Gasteiger partial charge in [0.15, 0.2) is 0 Å². The smallest absolute Gasteiger partial charge is 0.128 e. The minimum absolute atomic E-state index is 0.0742. The first kappa shape index (κ1) is 14.5. The predicted octanol–water partition coefficient (Wildman–Crippen LogP) is 1.19. The lowest BCUT2D eigenvalue weighted by atomic mass is 10.0. The molecule has 0 aliphatic heterocycles. The summed E-state index contributed by atoms with van der Waals surface area (Å²) in [6.45, 7) is 4.00. The van der Waals surface area contributed by atoms with Gasteiger partial charge in [-0.2, -0.15) is 0 Å². The Hall–Kier alpha value is -1.92. The SMILES string of the molecule is COc1c(C)cnc(CC(NN)c2cn(C)cn2)c1C. The fourth-order valence-corrected chi connectivity index (χ4v) is 2.33. The van der Waals surface area contributed by atoms with Crippen LogP contribution in [0.3, 0.4) is 0 Å². The van der Waals surface area contributed by atoms with Gasteiger partial charge < -0.3 is 9.30 Å². The number of pyridine rings is 1. The highest BCUT2D eigenvalue weighted by atomic mass is 16.5. The Morgan fingerprint density at radius 2 is 2.15 bits per heavy atom. The number of nitrogens with one attached hydrogen (secondary N) is 1. The molecule has 0 saturated heterocycles. The van der Waals surface area contributed by atoms with Crippen LogP contribution in [0.1, 0.15) is 28.6 Å². The van der Waals surface area contributed by atoms with Gasteiger partial charge in [0.2, 0.25) is 0 Å². The van der Waals surface area contributed by atoms with Gasteiger partial charge in [-0.15, -0.1) is 0 Å². The fraction of sp³-hybridized carbons (Fsp3) is 0.429. The van der Waals surface area contributed by atoms with E-state index in [2.05, 4.69) is 15.4 Å². The lowest BCUT2D eigenvalue weighted by Gasteiger charge is -2.17. The first-order valence-electron chi connectivity index (χ1n) is 6.49. The second-order valence-corrected chi connectivity index (χ2v) is 4.93. The van der Waals surface area contributed by atoms with Crippen LogP contribution >= 0.6 is 0 Å². The van der Waals surface area contributed by atoms with Crippen molar-refractivity contribution in [3.8, 4) is 5.75 Å². The highest BCUT2D eigenvalue weighted by Gasteiger charge is 2.17. The third-order valence-corrected chi connectivity index (χ3v) is 3.43.